The number of nitrogens with zero attached hydrogens (tertiary/aromatic N) is 2. The molecule has 1 saturated heterocycles. The molecule has 0 radical (unpaired) electrons. The molecule has 1 atom stereocenters. The van der Waals surface area contributed by atoms with E-state index >= 15 is 0 Å². The summed E-state index contributed by atoms with van der Waals surface area (Å²) in [4.78, 5) is 42.1. The van der Waals surface area contributed by atoms with Gasteiger partial charge in [0.15, 0.2) is 0 Å². The number of imide groups is 1. The molecule has 180 valence electrons. The van der Waals surface area contributed by atoms with Gasteiger partial charge in [0.05, 0.1) is 18.7 Å². The zero-order valence-corrected chi connectivity index (χ0v) is 20.1. The van der Waals surface area contributed by atoms with Crippen LogP contribution in [0, 0.1) is 0 Å². The van der Waals surface area contributed by atoms with E-state index in [2.05, 4.69) is 5.32 Å². The van der Waals surface area contributed by atoms with Crippen molar-refractivity contribution >= 4 is 40.8 Å². The van der Waals surface area contributed by atoms with Gasteiger partial charge in [-0.05, 0) is 60.5 Å². The summed E-state index contributed by atoms with van der Waals surface area (Å²) < 4.78 is 5.57. The number of urea groups is 1. The molecule has 1 fully saturated rings. The average Bonchev–Trinajstić information content (AvgIpc) is 3.09. The summed E-state index contributed by atoms with van der Waals surface area (Å²) in [5.41, 5.74) is 1.85. The summed E-state index contributed by atoms with van der Waals surface area (Å²) in [6.07, 6.45) is 0.731. The van der Waals surface area contributed by atoms with Gasteiger partial charge in [-0.25, -0.2) is 9.69 Å². The third-order valence-corrected chi connectivity index (χ3v) is 5.84. The number of hydrogen-bond donors (Lipinski definition) is 1. The van der Waals surface area contributed by atoms with Crippen LogP contribution in [0.3, 0.4) is 0 Å². The predicted molar refractivity (Wildman–Crippen MR) is 136 cm³/mol. The highest BCUT2D eigenvalue weighted by molar-refractivity contribution is 6.30. The second-order valence-corrected chi connectivity index (χ2v) is 8.62. The van der Waals surface area contributed by atoms with Crippen molar-refractivity contribution in [1.82, 2.24) is 4.90 Å². The van der Waals surface area contributed by atoms with Gasteiger partial charge in [0.1, 0.15) is 11.8 Å². The Morgan fingerprint density at radius 1 is 0.971 bits per heavy atom. The summed E-state index contributed by atoms with van der Waals surface area (Å²) in [6, 6.07) is 21.4. The minimum atomic E-state index is -0.939. The van der Waals surface area contributed by atoms with E-state index in [1.807, 2.05) is 13.0 Å². The molecular formula is C27H26ClN3O4. The minimum absolute atomic E-state index is 0.171. The van der Waals surface area contributed by atoms with Crippen LogP contribution in [0.5, 0.6) is 5.75 Å². The van der Waals surface area contributed by atoms with Gasteiger partial charge in [-0.15, -0.1) is 0 Å². The van der Waals surface area contributed by atoms with E-state index in [0.717, 1.165) is 16.9 Å². The highest BCUT2D eigenvalue weighted by atomic mass is 35.5. The monoisotopic (exact) mass is 491 g/mol. The van der Waals surface area contributed by atoms with Gasteiger partial charge in [0.25, 0.3) is 5.91 Å². The van der Waals surface area contributed by atoms with Crippen molar-refractivity contribution in [2.24, 2.45) is 0 Å². The van der Waals surface area contributed by atoms with Crippen LogP contribution in [0.15, 0.2) is 78.9 Å². The number of halogens is 1. The Morgan fingerprint density at radius 3 is 2.31 bits per heavy atom. The molecule has 1 N–H and O–H groups in total. The number of benzene rings is 3. The molecule has 1 aliphatic heterocycles. The van der Waals surface area contributed by atoms with Crippen molar-refractivity contribution in [3.8, 4) is 5.75 Å². The number of hydrogen-bond acceptors (Lipinski definition) is 4. The minimum Gasteiger partial charge on any atom is -0.494 e. The molecule has 4 amide bonds. The van der Waals surface area contributed by atoms with Gasteiger partial charge < -0.3 is 15.0 Å². The predicted octanol–water partition coefficient (Wildman–Crippen LogP) is 5.50. The summed E-state index contributed by atoms with van der Waals surface area (Å²) >= 11 is 5.99. The Bertz CT molecular complexity index is 1180. The van der Waals surface area contributed by atoms with Crippen LogP contribution >= 0.6 is 11.6 Å². The first-order chi connectivity index (χ1) is 17.0. The fourth-order valence-corrected chi connectivity index (χ4v) is 3.98. The second-order valence-electron chi connectivity index (χ2n) is 8.19. The number of rotatable bonds is 9. The van der Waals surface area contributed by atoms with E-state index in [4.69, 9.17) is 16.3 Å². The van der Waals surface area contributed by atoms with Crippen LogP contribution in [0.4, 0.5) is 16.2 Å². The molecule has 0 aromatic heterocycles. The highest BCUT2D eigenvalue weighted by Crippen LogP contribution is 2.29. The maximum atomic E-state index is 13.3. The lowest BCUT2D eigenvalue weighted by Gasteiger charge is -2.21. The number of amides is 4. The molecule has 1 heterocycles. The first-order valence-electron chi connectivity index (χ1n) is 11.4. The smallest absolute Gasteiger partial charge is 0.332 e. The molecule has 8 heteroatoms. The molecule has 7 nitrogen and oxygen atoms in total. The highest BCUT2D eigenvalue weighted by Gasteiger charge is 2.46. The maximum absolute atomic E-state index is 13.3. The molecule has 3 aromatic rings. The van der Waals surface area contributed by atoms with Crippen LogP contribution in [-0.2, 0) is 16.1 Å². The lowest BCUT2D eigenvalue weighted by atomic mass is 10.1. The number of anilines is 2. The van der Waals surface area contributed by atoms with Crippen molar-refractivity contribution in [2.75, 3.05) is 16.8 Å². The normalized spacial score (nSPS) is 15.4. The van der Waals surface area contributed by atoms with Crippen molar-refractivity contribution in [2.45, 2.75) is 32.4 Å². The number of carbonyl (C=O) groups excluding carboxylic acids is 3. The number of ether oxygens (including phenoxy) is 1. The second kappa shape index (κ2) is 11.1. The molecule has 1 unspecified atom stereocenters. The fraction of sp³-hybridized carbons (Fsp3) is 0.222. The lowest BCUT2D eigenvalue weighted by molar-refractivity contribution is -0.124. The molecular weight excluding hydrogens is 466 g/mol. The van der Waals surface area contributed by atoms with Crippen molar-refractivity contribution < 1.29 is 19.1 Å². The van der Waals surface area contributed by atoms with Crippen LogP contribution in [0.25, 0.3) is 0 Å². The van der Waals surface area contributed by atoms with Crippen LogP contribution in [0.1, 0.15) is 25.3 Å². The van der Waals surface area contributed by atoms with Gasteiger partial charge in [-0.3, -0.25) is 9.59 Å². The topological polar surface area (TPSA) is 79.0 Å². The Balaban J connectivity index is 1.52. The molecule has 0 aliphatic carbocycles. The first kappa shape index (κ1) is 24.3. The Kier molecular flexibility index (Phi) is 7.67. The molecule has 35 heavy (non-hydrogen) atoms. The maximum Gasteiger partial charge on any atom is 0.332 e. The summed E-state index contributed by atoms with van der Waals surface area (Å²) in [5.74, 6) is -0.0860. The van der Waals surface area contributed by atoms with Crippen LogP contribution in [0.2, 0.25) is 5.02 Å². The van der Waals surface area contributed by atoms with Gasteiger partial charge in [0, 0.05) is 17.3 Å². The first-order valence-corrected chi connectivity index (χ1v) is 11.8. The van der Waals surface area contributed by atoms with Gasteiger partial charge in [0.2, 0.25) is 5.91 Å². The summed E-state index contributed by atoms with van der Waals surface area (Å²) in [6.45, 7) is 2.82. The Labute approximate surface area is 209 Å². The van der Waals surface area contributed by atoms with Gasteiger partial charge in [-0.2, -0.15) is 0 Å². The van der Waals surface area contributed by atoms with Gasteiger partial charge in [-0.1, -0.05) is 48.9 Å². The van der Waals surface area contributed by atoms with E-state index in [1.165, 1.54) is 4.90 Å². The van der Waals surface area contributed by atoms with Crippen LogP contribution in [-0.4, -0.2) is 35.4 Å². The summed E-state index contributed by atoms with van der Waals surface area (Å²) in [5, 5.41) is 3.39. The van der Waals surface area contributed by atoms with E-state index in [1.54, 1.807) is 72.8 Å². The van der Waals surface area contributed by atoms with Crippen LogP contribution < -0.4 is 15.0 Å². The summed E-state index contributed by atoms with van der Waals surface area (Å²) in [7, 11) is 0. The van der Waals surface area contributed by atoms with Crippen molar-refractivity contribution in [3.63, 3.8) is 0 Å². The lowest BCUT2D eigenvalue weighted by Crippen LogP contribution is -2.37. The molecule has 1 aliphatic rings. The number of carbonyl (C=O) groups is 3. The molecule has 0 bridgehead atoms. The number of para-hydroxylation sites is 1. The van der Waals surface area contributed by atoms with E-state index in [0.29, 0.717) is 28.8 Å². The standard InChI is InChI=1S/C27H26ClN3O4/c1-2-16-35-23-14-12-21(13-15-23)29-25(32)17-24-26(33)31(22-6-4-3-5-7-22)27(34)30(24)18-19-8-10-20(28)11-9-19/h3-15,24H,2,16-18H2,1H3,(H,29,32). The largest absolute Gasteiger partial charge is 0.494 e. The van der Waals surface area contributed by atoms with E-state index in [9.17, 15) is 14.4 Å². The average molecular weight is 492 g/mol. The third kappa shape index (κ3) is 5.81. The molecule has 0 saturated carbocycles. The molecule has 3 aromatic carbocycles. The molecule has 4 rings (SSSR count). The Morgan fingerprint density at radius 2 is 1.66 bits per heavy atom. The van der Waals surface area contributed by atoms with Crippen molar-refractivity contribution in [3.05, 3.63) is 89.4 Å². The number of nitrogens with one attached hydrogen (secondary N) is 1. The van der Waals surface area contributed by atoms with Gasteiger partial charge >= 0.3 is 6.03 Å². The quantitative estimate of drug-likeness (QED) is 0.401. The SMILES string of the molecule is CCCOc1ccc(NC(=O)CC2C(=O)N(c3ccccc3)C(=O)N2Cc2ccc(Cl)cc2)cc1. The zero-order chi connectivity index (χ0) is 24.8. The Hall–Kier alpha value is -3.84. The third-order valence-electron chi connectivity index (χ3n) is 5.59. The zero-order valence-electron chi connectivity index (χ0n) is 19.3. The van der Waals surface area contributed by atoms with Crippen molar-refractivity contribution in [1.29, 1.82) is 0 Å². The fourth-order valence-electron chi connectivity index (χ4n) is 3.86. The molecule has 0 spiro atoms. The van der Waals surface area contributed by atoms with E-state index in [-0.39, 0.29) is 18.9 Å². The van der Waals surface area contributed by atoms with E-state index < -0.39 is 18.0 Å².